The summed E-state index contributed by atoms with van der Waals surface area (Å²) in [7, 11) is -3.30. The molecule has 8 nitrogen and oxygen atoms in total. The third-order valence-corrected chi connectivity index (χ3v) is 4.78. The second kappa shape index (κ2) is 8.79. The Balaban J connectivity index is 1.95. The summed E-state index contributed by atoms with van der Waals surface area (Å²) in [5.74, 6) is -1.64. The van der Waals surface area contributed by atoms with Crippen molar-refractivity contribution in [2.24, 2.45) is 0 Å². The van der Waals surface area contributed by atoms with Crippen molar-refractivity contribution < 1.29 is 22.8 Å². The highest BCUT2D eigenvalue weighted by atomic mass is 32.2. The summed E-state index contributed by atoms with van der Waals surface area (Å²) in [6.07, 6.45) is 2.85. The molecule has 142 valence electrons. The van der Waals surface area contributed by atoms with E-state index in [4.69, 9.17) is 0 Å². The molecule has 1 saturated carbocycles. The van der Waals surface area contributed by atoms with Gasteiger partial charge in [-0.3, -0.25) is 14.4 Å². The Kier molecular flexibility index (Phi) is 6.73. The molecule has 3 N–H and O–H groups in total. The summed E-state index contributed by atoms with van der Waals surface area (Å²) >= 11 is 0. The second-order valence-corrected chi connectivity index (χ2v) is 8.63. The summed E-state index contributed by atoms with van der Waals surface area (Å²) in [5, 5.41) is 7.72. The molecule has 1 fully saturated rings. The Bertz CT molecular complexity index is 760. The fourth-order valence-electron chi connectivity index (χ4n) is 2.23. The van der Waals surface area contributed by atoms with Gasteiger partial charge in [0.1, 0.15) is 15.9 Å². The van der Waals surface area contributed by atoms with Crippen LogP contribution in [-0.4, -0.2) is 56.8 Å². The molecule has 1 atom stereocenters. The van der Waals surface area contributed by atoms with E-state index in [1.165, 1.54) is 0 Å². The molecule has 3 amide bonds. The number of hydrogen-bond acceptors (Lipinski definition) is 5. The van der Waals surface area contributed by atoms with Gasteiger partial charge in [0.15, 0.2) is 0 Å². The largest absolute Gasteiger partial charge is 0.352 e. The van der Waals surface area contributed by atoms with Crippen molar-refractivity contribution in [3.63, 3.8) is 0 Å². The number of carbonyl (C=O) groups excluding carboxylic acids is 3. The molecular formula is C17H23N3O5S. The van der Waals surface area contributed by atoms with Gasteiger partial charge in [-0.05, 0) is 31.4 Å². The van der Waals surface area contributed by atoms with Gasteiger partial charge in [-0.25, -0.2) is 8.42 Å². The maximum absolute atomic E-state index is 12.3. The van der Waals surface area contributed by atoms with E-state index in [1.54, 1.807) is 30.3 Å². The molecule has 1 aliphatic rings. The Hall–Kier alpha value is -2.42. The molecule has 1 aromatic carbocycles. The van der Waals surface area contributed by atoms with Gasteiger partial charge >= 0.3 is 0 Å². The van der Waals surface area contributed by atoms with Crippen LogP contribution >= 0.6 is 0 Å². The van der Waals surface area contributed by atoms with Crippen LogP contribution in [0.5, 0.6) is 0 Å². The average Bonchev–Trinajstić information content (AvgIpc) is 3.40. The van der Waals surface area contributed by atoms with Crippen molar-refractivity contribution in [3.8, 4) is 0 Å². The highest BCUT2D eigenvalue weighted by molar-refractivity contribution is 7.90. The van der Waals surface area contributed by atoms with E-state index >= 15 is 0 Å². The zero-order chi connectivity index (χ0) is 19.2. The molecule has 0 aliphatic heterocycles. The molecule has 0 spiro atoms. The Morgan fingerprint density at radius 3 is 2.38 bits per heavy atom. The molecule has 0 bridgehead atoms. The highest BCUT2D eigenvalue weighted by Gasteiger charge is 2.25. The summed E-state index contributed by atoms with van der Waals surface area (Å²) < 4.78 is 22.8. The number of benzene rings is 1. The van der Waals surface area contributed by atoms with E-state index in [9.17, 15) is 22.8 Å². The molecule has 9 heteroatoms. The van der Waals surface area contributed by atoms with E-state index in [0.29, 0.717) is 5.56 Å². The van der Waals surface area contributed by atoms with Crippen LogP contribution < -0.4 is 16.0 Å². The third kappa shape index (κ3) is 7.22. The second-order valence-electron chi connectivity index (χ2n) is 6.37. The molecule has 0 radical (unpaired) electrons. The lowest BCUT2D eigenvalue weighted by Crippen LogP contribution is -2.49. The SMILES string of the molecule is CS(=O)(=O)CC[C@@H](NC(=O)c1ccccc1)C(=O)NCC(=O)NC1CC1. The minimum atomic E-state index is -3.30. The number of hydrogen-bond donors (Lipinski definition) is 3. The highest BCUT2D eigenvalue weighted by Crippen LogP contribution is 2.18. The Morgan fingerprint density at radius 2 is 1.81 bits per heavy atom. The molecule has 2 rings (SSSR count). The van der Waals surface area contributed by atoms with Crippen LogP contribution in [0, 0.1) is 0 Å². The zero-order valence-electron chi connectivity index (χ0n) is 14.5. The van der Waals surface area contributed by atoms with Gasteiger partial charge < -0.3 is 16.0 Å². The van der Waals surface area contributed by atoms with Gasteiger partial charge in [-0.1, -0.05) is 18.2 Å². The first-order chi connectivity index (χ1) is 12.2. The van der Waals surface area contributed by atoms with Crippen LogP contribution in [0.15, 0.2) is 30.3 Å². The lowest BCUT2D eigenvalue weighted by molar-refractivity contribution is -0.127. The third-order valence-electron chi connectivity index (χ3n) is 3.80. The minimum Gasteiger partial charge on any atom is -0.352 e. The maximum Gasteiger partial charge on any atom is 0.251 e. The summed E-state index contributed by atoms with van der Waals surface area (Å²) in [6, 6.07) is 7.42. The number of rotatable bonds is 9. The van der Waals surface area contributed by atoms with Crippen LogP contribution in [0.2, 0.25) is 0 Å². The van der Waals surface area contributed by atoms with Crippen LogP contribution in [-0.2, 0) is 19.4 Å². The first-order valence-electron chi connectivity index (χ1n) is 8.35. The van der Waals surface area contributed by atoms with E-state index in [2.05, 4.69) is 16.0 Å². The van der Waals surface area contributed by atoms with Crippen molar-refractivity contribution in [1.82, 2.24) is 16.0 Å². The summed E-state index contributed by atoms with van der Waals surface area (Å²) in [4.78, 5) is 36.3. The maximum atomic E-state index is 12.3. The topological polar surface area (TPSA) is 121 Å². The summed E-state index contributed by atoms with van der Waals surface area (Å²) in [5.41, 5.74) is 0.358. The van der Waals surface area contributed by atoms with Gasteiger partial charge in [0.2, 0.25) is 11.8 Å². The van der Waals surface area contributed by atoms with E-state index < -0.39 is 27.7 Å². The number of nitrogens with one attached hydrogen (secondary N) is 3. The predicted molar refractivity (Wildman–Crippen MR) is 96.2 cm³/mol. The van der Waals surface area contributed by atoms with Gasteiger partial charge in [0, 0.05) is 17.9 Å². The van der Waals surface area contributed by atoms with Gasteiger partial charge in [0.25, 0.3) is 5.91 Å². The fourth-order valence-corrected chi connectivity index (χ4v) is 2.89. The molecule has 26 heavy (non-hydrogen) atoms. The Morgan fingerprint density at radius 1 is 1.15 bits per heavy atom. The van der Waals surface area contributed by atoms with Crippen molar-refractivity contribution in [2.75, 3.05) is 18.6 Å². The van der Waals surface area contributed by atoms with E-state index in [1.807, 2.05) is 0 Å². The number of amides is 3. The van der Waals surface area contributed by atoms with Gasteiger partial charge in [-0.15, -0.1) is 0 Å². The predicted octanol–water partition coefficient (Wildman–Crippen LogP) is -0.385. The van der Waals surface area contributed by atoms with Crippen LogP contribution in [0.4, 0.5) is 0 Å². The normalized spacial score (nSPS) is 15.0. The quantitative estimate of drug-likeness (QED) is 0.538. The molecular weight excluding hydrogens is 358 g/mol. The van der Waals surface area contributed by atoms with Crippen molar-refractivity contribution in [3.05, 3.63) is 35.9 Å². The van der Waals surface area contributed by atoms with E-state index in [-0.39, 0.29) is 30.7 Å². The zero-order valence-corrected chi connectivity index (χ0v) is 15.3. The van der Waals surface area contributed by atoms with Crippen LogP contribution in [0.25, 0.3) is 0 Å². The number of sulfone groups is 1. The lowest BCUT2D eigenvalue weighted by atomic mass is 10.1. The smallest absolute Gasteiger partial charge is 0.251 e. The monoisotopic (exact) mass is 381 g/mol. The molecule has 0 unspecified atom stereocenters. The first kappa shape index (κ1) is 19.9. The first-order valence-corrected chi connectivity index (χ1v) is 10.4. The molecule has 1 aliphatic carbocycles. The minimum absolute atomic E-state index is 0.0759. The van der Waals surface area contributed by atoms with E-state index in [0.717, 1.165) is 19.1 Å². The number of carbonyl (C=O) groups is 3. The Labute approximate surface area is 152 Å². The molecule has 0 aromatic heterocycles. The molecule has 0 heterocycles. The molecule has 0 saturated heterocycles. The van der Waals surface area contributed by atoms with Crippen molar-refractivity contribution >= 4 is 27.6 Å². The average molecular weight is 381 g/mol. The van der Waals surface area contributed by atoms with Crippen molar-refractivity contribution in [2.45, 2.75) is 31.3 Å². The lowest BCUT2D eigenvalue weighted by Gasteiger charge is -2.18. The van der Waals surface area contributed by atoms with Crippen LogP contribution in [0.3, 0.4) is 0 Å². The summed E-state index contributed by atoms with van der Waals surface area (Å²) in [6.45, 7) is -0.216. The van der Waals surface area contributed by atoms with Crippen molar-refractivity contribution in [1.29, 1.82) is 0 Å². The molecule has 1 aromatic rings. The standard InChI is InChI=1S/C17H23N3O5S/c1-26(24,25)10-9-14(20-16(22)12-5-3-2-4-6-12)17(23)18-11-15(21)19-13-7-8-13/h2-6,13-14H,7-11H2,1H3,(H,18,23)(H,19,21)(H,20,22)/t14-/m1/s1. The fraction of sp³-hybridized carbons (Fsp3) is 0.471. The van der Waals surface area contributed by atoms with Gasteiger partial charge in [-0.2, -0.15) is 0 Å². The van der Waals surface area contributed by atoms with Crippen LogP contribution in [0.1, 0.15) is 29.6 Å². The van der Waals surface area contributed by atoms with Gasteiger partial charge in [0.05, 0.1) is 12.3 Å².